The average molecular weight is 217 g/mol. The van der Waals surface area contributed by atoms with Gasteiger partial charge in [0.1, 0.15) is 11.9 Å². The summed E-state index contributed by atoms with van der Waals surface area (Å²) in [6.07, 6.45) is 0. The average Bonchev–Trinajstić information content (AvgIpc) is 2.63. The van der Waals surface area contributed by atoms with Crippen LogP contribution in [0.4, 0.5) is 10.3 Å². The standard InChI is InChI=1S/C11H8FN3O/c1-6-2-3-7(12)4-8(6)11-15-9(5-13)10(14)16-11/h2-4H,14H2,1H3. The number of anilines is 1. The quantitative estimate of drug-likeness (QED) is 0.794. The third-order valence-electron chi connectivity index (χ3n) is 2.19. The Kier molecular flexibility index (Phi) is 2.33. The highest BCUT2D eigenvalue weighted by molar-refractivity contribution is 5.61. The van der Waals surface area contributed by atoms with E-state index >= 15 is 0 Å². The van der Waals surface area contributed by atoms with Gasteiger partial charge in [0, 0.05) is 5.56 Å². The molecule has 0 bridgehead atoms. The number of aromatic nitrogens is 1. The smallest absolute Gasteiger partial charge is 0.230 e. The lowest BCUT2D eigenvalue weighted by Gasteiger charge is -2.00. The molecule has 80 valence electrons. The second kappa shape index (κ2) is 3.66. The van der Waals surface area contributed by atoms with Gasteiger partial charge in [0.25, 0.3) is 0 Å². The number of oxazole rings is 1. The number of nitrogens with zero attached hydrogens (tertiary/aromatic N) is 2. The van der Waals surface area contributed by atoms with Crippen LogP contribution in [0.5, 0.6) is 0 Å². The zero-order chi connectivity index (χ0) is 11.7. The number of hydrogen-bond donors (Lipinski definition) is 1. The number of halogens is 1. The Bertz CT molecular complexity index is 583. The molecule has 1 aromatic heterocycles. The molecule has 0 radical (unpaired) electrons. The van der Waals surface area contributed by atoms with Gasteiger partial charge in [0.05, 0.1) is 0 Å². The molecule has 2 N–H and O–H groups in total. The van der Waals surface area contributed by atoms with Gasteiger partial charge in [-0.3, -0.25) is 0 Å². The van der Waals surface area contributed by atoms with Gasteiger partial charge in [0.15, 0.2) is 0 Å². The predicted octanol–water partition coefficient (Wildman–Crippen LogP) is 2.24. The number of nitrogens with two attached hydrogens (primary N) is 1. The predicted molar refractivity (Wildman–Crippen MR) is 55.8 cm³/mol. The van der Waals surface area contributed by atoms with Crippen molar-refractivity contribution in [1.82, 2.24) is 4.98 Å². The zero-order valence-electron chi connectivity index (χ0n) is 8.49. The van der Waals surface area contributed by atoms with Gasteiger partial charge in [-0.15, -0.1) is 0 Å². The molecule has 1 heterocycles. The van der Waals surface area contributed by atoms with Crippen molar-refractivity contribution in [3.05, 3.63) is 35.3 Å². The molecular formula is C11H8FN3O. The Labute approximate surface area is 91.1 Å². The first-order chi connectivity index (χ1) is 7.61. The van der Waals surface area contributed by atoms with Crippen molar-refractivity contribution in [2.45, 2.75) is 6.92 Å². The number of nitrogen functional groups attached to an aromatic ring is 1. The fraction of sp³-hybridized carbons (Fsp3) is 0.0909. The minimum Gasteiger partial charge on any atom is -0.419 e. The van der Waals surface area contributed by atoms with E-state index in [0.29, 0.717) is 5.56 Å². The van der Waals surface area contributed by atoms with E-state index in [1.807, 2.05) is 0 Å². The summed E-state index contributed by atoms with van der Waals surface area (Å²) in [5, 5.41) is 8.68. The first-order valence-electron chi connectivity index (χ1n) is 4.54. The molecule has 0 atom stereocenters. The molecule has 5 heteroatoms. The first-order valence-corrected chi connectivity index (χ1v) is 4.54. The van der Waals surface area contributed by atoms with Gasteiger partial charge in [-0.2, -0.15) is 10.2 Å². The molecule has 16 heavy (non-hydrogen) atoms. The van der Waals surface area contributed by atoms with Crippen LogP contribution in [-0.2, 0) is 0 Å². The lowest BCUT2D eigenvalue weighted by atomic mass is 10.1. The normalized spacial score (nSPS) is 10.1. The molecule has 2 aromatic rings. The number of benzene rings is 1. The Morgan fingerprint density at radius 1 is 1.50 bits per heavy atom. The fourth-order valence-corrected chi connectivity index (χ4v) is 1.35. The molecule has 0 spiro atoms. The SMILES string of the molecule is Cc1ccc(F)cc1-c1nc(C#N)c(N)o1. The van der Waals surface area contributed by atoms with E-state index in [1.165, 1.54) is 12.1 Å². The maximum atomic E-state index is 13.1. The molecule has 0 aliphatic rings. The van der Waals surface area contributed by atoms with Crippen LogP contribution in [0.25, 0.3) is 11.5 Å². The molecule has 0 saturated carbocycles. The van der Waals surface area contributed by atoms with Crippen LogP contribution in [-0.4, -0.2) is 4.98 Å². The summed E-state index contributed by atoms with van der Waals surface area (Å²) in [5.74, 6) is -0.289. The van der Waals surface area contributed by atoms with Crippen LogP contribution in [0.3, 0.4) is 0 Å². The van der Waals surface area contributed by atoms with Crippen LogP contribution in [0, 0.1) is 24.1 Å². The number of aryl methyl sites for hydroxylation is 1. The molecular weight excluding hydrogens is 209 g/mol. The van der Waals surface area contributed by atoms with Crippen LogP contribution < -0.4 is 5.73 Å². The lowest BCUT2D eigenvalue weighted by molar-refractivity contribution is 0.589. The van der Waals surface area contributed by atoms with Crippen molar-refractivity contribution >= 4 is 5.88 Å². The molecule has 2 rings (SSSR count). The molecule has 0 fully saturated rings. The second-order valence-corrected chi connectivity index (χ2v) is 3.30. The molecule has 0 aliphatic carbocycles. The number of rotatable bonds is 1. The van der Waals surface area contributed by atoms with E-state index in [4.69, 9.17) is 15.4 Å². The van der Waals surface area contributed by atoms with Crippen LogP contribution >= 0.6 is 0 Å². The van der Waals surface area contributed by atoms with E-state index in [9.17, 15) is 4.39 Å². The van der Waals surface area contributed by atoms with Gasteiger partial charge < -0.3 is 10.2 Å². The van der Waals surface area contributed by atoms with E-state index in [0.717, 1.165) is 5.56 Å². The van der Waals surface area contributed by atoms with Gasteiger partial charge in [-0.25, -0.2) is 4.39 Å². The third kappa shape index (κ3) is 1.61. The molecule has 0 amide bonds. The summed E-state index contributed by atoms with van der Waals surface area (Å²) < 4.78 is 18.2. The van der Waals surface area contributed by atoms with Crippen LogP contribution in [0.15, 0.2) is 22.6 Å². The Morgan fingerprint density at radius 3 is 2.88 bits per heavy atom. The fourth-order valence-electron chi connectivity index (χ4n) is 1.35. The largest absolute Gasteiger partial charge is 0.419 e. The van der Waals surface area contributed by atoms with Crippen molar-refractivity contribution in [2.75, 3.05) is 5.73 Å². The zero-order valence-corrected chi connectivity index (χ0v) is 8.49. The first kappa shape index (κ1) is 10.2. The number of hydrogen-bond acceptors (Lipinski definition) is 4. The molecule has 0 saturated heterocycles. The van der Waals surface area contributed by atoms with E-state index in [2.05, 4.69) is 4.98 Å². The lowest BCUT2D eigenvalue weighted by Crippen LogP contribution is -1.85. The number of nitriles is 1. The van der Waals surface area contributed by atoms with Crippen molar-refractivity contribution in [3.63, 3.8) is 0 Å². The van der Waals surface area contributed by atoms with Crippen LogP contribution in [0.1, 0.15) is 11.3 Å². The Morgan fingerprint density at radius 2 is 2.25 bits per heavy atom. The minimum absolute atomic E-state index is 0.0126. The van der Waals surface area contributed by atoms with Crippen LogP contribution in [0.2, 0.25) is 0 Å². The van der Waals surface area contributed by atoms with Crippen molar-refractivity contribution < 1.29 is 8.81 Å². The Balaban J connectivity index is 2.59. The summed E-state index contributed by atoms with van der Waals surface area (Å²) >= 11 is 0. The Hall–Kier alpha value is -2.35. The summed E-state index contributed by atoms with van der Waals surface area (Å²) in [4.78, 5) is 3.88. The molecule has 0 aliphatic heterocycles. The second-order valence-electron chi connectivity index (χ2n) is 3.30. The van der Waals surface area contributed by atoms with Gasteiger partial charge >= 0.3 is 0 Å². The van der Waals surface area contributed by atoms with E-state index in [-0.39, 0.29) is 17.5 Å². The van der Waals surface area contributed by atoms with Gasteiger partial charge in [0.2, 0.25) is 17.5 Å². The molecule has 1 aromatic carbocycles. The summed E-state index contributed by atoms with van der Waals surface area (Å²) in [6.45, 7) is 1.79. The van der Waals surface area contributed by atoms with E-state index < -0.39 is 5.82 Å². The summed E-state index contributed by atoms with van der Waals surface area (Å²) in [7, 11) is 0. The maximum Gasteiger partial charge on any atom is 0.230 e. The van der Waals surface area contributed by atoms with Crippen molar-refractivity contribution in [2.24, 2.45) is 0 Å². The summed E-state index contributed by atoms with van der Waals surface area (Å²) in [6, 6.07) is 6.04. The highest BCUT2D eigenvalue weighted by Crippen LogP contribution is 2.26. The molecule has 0 unspecified atom stereocenters. The topological polar surface area (TPSA) is 75.8 Å². The monoisotopic (exact) mass is 217 g/mol. The third-order valence-corrected chi connectivity index (χ3v) is 2.19. The van der Waals surface area contributed by atoms with Crippen molar-refractivity contribution in [3.8, 4) is 17.5 Å². The minimum atomic E-state index is -0.393. The van der Waals surface area contributed by atoms with Gasteiger partial charge in [-0.05, 0) is 24.6 Å². The maximum absolute atomic E-state index is 13.1. The van der Waals surface area contributed by atoms with Crippen molar-refractivity contribution in [1.29, 1.82) is 5.26 Å². The highest BCUT2D eigenvalue weighted by atomic mass is 19.1. The summed E-state index contributed by atoms with van der Waals surface area (Å²) in [5.41, 5.74) is 6.74. The molecule has 4 nitrogen and oxygen atoms in total. The van der Waals surface area contributed by atoms with E-state index in [1.54, 1.807) is 19.1 Å². The highest BCUT2D eigenvalue weighted by Gasteiger charge is 2.13. The van der Waals surface area contributed by atoms with Gasteiger partial charge in [-0.1, -0.05) is 6.07 Å².